The Kier molecular flexibility index (Phi) is 2.11. The fourth-order valence-electron chi connectivity index (χ4n) is 1.73. The van der Waals surface area contributed by atoms with E-state index in [0.29, 0.717) is 0 Å². The normalized spacial score (nSPS) is 10.8. The van der Waals surface area contributed by atoms with Crippen molar-refractivity contribution >= 4 is 27.9 Å². The summed E-state index contributed by atoms with van der Waals surface area (Å²) < 4.78 is 0. The number of nitrogens with zero attached hydrogens (tertiary/aromatic N) is 1. The Labute approximate surface area is 97.4 Å². The van der Waals surface area contributed by atoms with Crippen molar-refractivity contribution in [3.8, 4) is 10.4 Å². The van der Waals surface area contributed by atoms with Crippen molar-refractivity contribution < 1.29 is 0 Å². The Morgan fingerprint density at radius 3 is 2.88 bits per heavy atom. The molecule has 0 saturated carbocycles. The monoisotopic (exact) mass is 226 g/mol. The molecule has 0 aliphatic heterocycles. The molecule has 16 heavy (non-hydrogen) atoms. The molecule has 0 aliphatic carbocycles. The number of aromatic nitrogens is 1. The molecular weight excluding hydrogens is 216 g/mol. The van der Waals surface area contributed by atoms with E-state index in [1.54, 1.807) is 11.3 Å². The molecule has 78 valence electrons. The van der Waals surface area contributed by atoms with E-state index in [9.17, 15) is 0 Å². The van der Waals surface area contributed by atoms with Crippen LogP contribution in [0.3, 0.4) is 0 Å². The number of anilines is 1. The minimum absolute atomic E-state index is 0.776. The lowest BCUT2D eigenvalue weighted by molar-refractivity contribution is 1.42. The fraction of sp³-hybridized carbons (Fsp3) is 0. The number of benzene rings is 1. The van der Waals surface area contributed by atoms with Crippen molar-refractivity contribution in [3.05, 3.63) is 48.0 Å². The van der Waals surface area contributed by atoms with E-state index < -0.39 is 0 Å². The van der Waals surface area contributed by atoms with E-state index in [2.05, 4.69) is 22.5 Å². The lowest BCUT2D eigenvalue weighted by Crippen LogP contribution is -1.86. The number of nitrogens with two attached hydrogens (primary N) is 1. The molecule has 0 unspecified atom stereocenters. The Hall–Kier alpha value is -1.87. The highest BCUT2D eigenvalue weighted by Gasteiger charge is 2.01. The first kappa shape index (κ1) is 9.36. The van der Waals surface area contributed by atoms with Gasteiger partial charge in [-0.15, -0.1) is 11.3 Å². The van der Waals surface area contributed by atoms with Gasteiger partial charge in [-0.1, -0.05) is 6.07 Å². The standard InChI is InChI=1S/C13H10N2S/c14-11-3-4-12-9(7-11)6-10(8-15-12)13-2-1-5-16-13/h1-8H,14H2. The van der Waals surface area contributed by atoms with Gasteiger partial charge in [0.05, 0.1) is 5.52 Å². The summed E-state index contributed by atoms with van der Waals surface area (Å²) in [6.07, 6.45) is 1.91. The van der Waals surface area contributed by atoms with Crippen molar-refractivity contribution in [3.63, 3.8) is 0 Å². The molecule has 3 aromatic rings. The summed E-state index contributed by atoms with van der Waals surface area (Å²) in [7, 11) is 0. The first-order valence-electron chi connectivity index (χ1n) is 5.02. The molecule has 3 heteroatoms. The zero-order valence-corrected chi connectivity index (χ0v) is 9.37. The number of hydrogen-bond donors (Lipinski definition) is 1. The maximum absolute atomic E-state index is 5.77. The van der Waals surface area contributed by atoms with Crippen molar-refractivity contribution in [2.75, 3.05) is 5.73 Å². The van der Waals surface area contributed by atoms with E-state index in [4.69, 9.17) is 5.73 Å². The van der Waals surface area contributed by atoms with Gasteiger partial charge >= 0.3 is 0 Å². The number of thiophene rings is 1. The molecule has 0 fully saturated rings. The van der Waals surface area contributed by atoms with Crippen LogP contribution in [0.4, 0.5) is 5.69 Å². The van der Waals surface area contributed by atoms with Crippen molar-refractivity contribution in [2.45, 2.75) is 0 Å². The van der Waals surface area contributed by atoms with Gasteiger partial charge < -0.3 is 5.73 Å². The van der Waals surface area contributed by atoms with Gasteiger partial charge in [-0.2, -0.15) is 0 Å². The average molecular weight is 226 g/mol. The molecule has 0 spiro atoms. The number of nitrogen functional groups attached to an aromatic ring is 1. The maximum Gasteiger partial charge on any atom is 0.0703 e. The Bertz CT molecular complexity index is 629. The van der Waals surface area contributed by atoms with Gasteiger partial charge in [0.1, 0.15) is 0 Å². The molecule has 0 bridgehead atoms. The third-order valence-electron chi connectivity index (χ3n) is 2.51. The molecule has 2 nitrogen and oxygen atoms in total. The molecule has 0 saturated heterocycles. The van der Waals surface area contributed by atoms with Crippen LogP contribution in [-0.2, 0) is 0 Å². The zero-order valence-electron chi connectivity index (χ0n) is 8.55. The Balaban J connectivity index is 2.22. The molecule has 1 aromatic carbocycles. The van der Waals surface area contributed by atoms with Crippen LogP contribution in [0.15, 0.2) is 48.0 Å². The van der Waals surface area contributed by atoms with E-state index >= 15 is 0 Å². The summed E-state index contributed by atoms with van der Waals surface area (Å²) in [6.45, 7) is 0. The highest BCUT2D eigenvalue weighted by molar-refractivity contribution is 7.13. The van der Waals surface area contributed by atoms with E-state index in [0.717, 1.165) is 22.2 Å². The molecular formula is C13H10N2S. The topological polar surface area (TPSA) is 38.9 Å². The highest BCUT2D eigenvalue weighted by Crippen LogP contribution is 2.27. The van der Waals surface area contributed by atoms with Gasteiger partial charge in [-0.3, -0.25) is 4.98 Å². The van der Waals surface area contributed by atoms with E-state index in [-0.39, 0.29) is 0 Å². The van der Waals surface area contributed by atoms with E-state index in [1.165, 1.54) is 4.88 Å². The summed E-state index contributed by atoms with van der Waals surface area (Å²) in [4.78, 5) is 5.66. The molecule has 0 aliphatic rings. The second kappa shape index (κ2) is 3.61. The molecule has 3 rings (SSSR count). The highest BCUT2D eigenvalue weighted by atomic mass is 32.1. The summed E-state index contributed by atoms with van der Waals surface area (Å²) in [6, 6.07) is 12.1. The second-order valence-corrected chi connectivity index (χ2v) is 4.60. The fourth-order valence-corrected chi connectivity index (χ4v) is 2.44. The van der Waals surface area contributed by atoms with Crippen LogP contribution < -0.4 is 5.73 Å². The minimum atomic E-state index is 0.776. The summed E-state index contributed by atoms with van der Waals surface area (Å²) in [5.41, 5.74) is 8.67. The van der Waals surface area contributed by atoms with Gasteiger partial charge in [-0.25, -0.2) is 0 Å². The van der Waals surface area contributed by atoms with Gasteiger partial charge in [0, 0.05) is 27.7 Å². The van der Waals surface area contributed by atoms with Crippen molar-refractivity contribution in [2.24, 2.45) is 0 Å². The molecule has 0 atom stereocenters. The van der Waals surface area contributed by atoms with Crippen LogP contribution >= 0.6 is 11.3 Å². The predicted molar refractivity (Wildman–Crippen MR) is 69.5 cm³/mol. The van der Waals surface area contributed by atoms with Gasteiger partial charge in [0.15, 0.2) is 0 Å². The maximum atomic E-state index is 5.77. The molecule has 0 amide bonds. The molecule has 2 N–H and O–H groups in total. The van der Waals surface area contributed by atoms with Crippen LogP contribution in [0.1, 0.15) is 0 Å². The third-order valence-corrected chi connectivity index (χ3v) is 3.43. The van der Waals surface area contributed by atoms with Crippen LogP contribution in [0.25, 0.3) is 21.3 Å². The number of pyridine rings is 1. The van der Waals surface area contributed by atoms with Crippen molar-refractivity contribution in [1.82, 2.24) is 4.98 Å². The minimum Gasteiger partial charge on any atom is -0.399 e. The molecule has 2 heterocycles. The second-order valence-electron chi connectivity index (χ2n) is 3.65. The summed E-state index contributed by atoms with van der Waals surface area (Å²) >= 11 is 1.72. The van der Waals surface area contributed by atoms with E-state index in [1.807, 2.05) is 30.5 Å². The quantitative estimate of drug-likeness (QED) is 0.644. The number of fused-ring (bicyclic) bond motifs is 1. The lowest BCUT2D eigenvalue weighted by Gasteiger charge is -2.01. The van der Waals surface area contributed by atoms with Crippen LogP contribution in [-0.4, -0.2) is 4.98 Å². The third kappa shape index (κ3) is 1.55. The first-order chi connectivity index (χ1) is 7.83. The average Bonchev–Trinajstić information content (AvgIpc) is 2.81. The summed E-state index contributed by atoms with van der Waals surface area (Å²) in [5, 5.41) is 3.16. The van der Waals surface area contributed by atoms with Crippen LogP contribution in [0.2, 0.25) is 0 Å². The van der Waals surface area contributed by atoms with Crippen LogP contribution in [0, 0.1) is 0 Å². The zero-order chi connectivity index (χ0) is 11.0. The van der Waals surface area contributed by atoms with Gasteiger partial charge in [0.25, 0.3) is 0 Å². The molecule has 0 radical (unpaired) electrons. The largest absolute Gasteiger partial charge is 0.399 e. The SMILES string of the molecule is Nc1ccc2ncc(-c3cccs3)cc2c1. The predicted octanol–water partition coefficient (Wildman–Crippen LogP) is 3.55. The number of hydrogen-bond acceptors (Lipinski definition) is 3. The number of rotatable bonds is 1. The first-order valence-corrected chi connectivity index (χ1v) is 5.90. The lowest BCUT2D eigenvalue weighted by atomic mass is 10.1. The van der Waals surface area contributed by atoms with Gasteiger partial charge in [0.2, 0.25) is 0 Å². The smallest absolute Gasteiger partial charge is 0.0703 e. The molecule has 2 aromatic heterocycles. The summed E-state index contributed by atoms with van der Waals surface area (Å²) in [5.74, 6) is 0. The Morgan fingerprint density at radius 2 is 2.06 bits per heavy atom. The Morgan fingerprint density at radius 1 is 1.12 bits per heavy atom. The van der Waals surface area contributed by atoms with Crippen LogP contribution in [0.5, 0.6) is 0 Å². The van der Waals surface area contributed by atoms with Gasteiger partial charge in [-0.05, 0) is 35.7 Å². The van der Waals surface area contributed by atoms with Crippen molar-refractivity contribution in [1.29, 1.82) is 0 Å².